The molecule has 2 N–H and O–H groups in total. The van der Waals surface area contributed by atoms with Gasteiger partial charge in [0.15, 0.2) is 0 Å². The van der Waals surface area contributed by atoms with Crippen molar-refractivity contribution in [2.24, 2.45) is 29.1 Å². The zero-order valence-corrected chi connectivity index (χ0v) is 28.3. The maximum Gasteiger partial charge on any atom is 0.0765 e. The van der Waals surface area contributed by atoms with Crippen LogP contribution in [0, 0.1) is 29.1 Å². The Bertz CT molecular complexity index is 931. The SMILES string of the molecule is CC.CC1=C(CC2CC3(C)CCC(O)CC3=CCC2C)CCCCC2(C1)OC1C[C@H](C)CN(CCOCCO)C1C2C. The van der Waals surface area contributed by atoms with Crippen molar-refractivity contribution >= 4 is 0 Å². The van der Waals surface area contributed by atoms with Gasteiger partial charge in [-0.15, -0.1) is 0 Å². The number of ether oxygens (including phenoxy) is 2. The Labute approximate surface area is 258 Å². The van der Waals surface area contributed by atoms with E-state index in [-0.39, 0.29) is 23.7 Å². The second-order valence-corrected chi connectivity index (χ2v) is 15.0. The molecule has 0 radical (unpaired) electrons. The highest BCUT2D eigenvalue weighted by Crippen LogP contribution is 2.53. The number of hydrogen-bond acceptors (Lipinski definition) is 5. The molecule has 2 aliphatic heterocycles. The van der Waals surface area contributed by atoms with Gasteiger partial charge in [-0.25, -0.2) is 0 Å². The van der Waals surface area contributed by atoms with E-state index in [9.17, 15) is 5.11 Å². The molecule has 5 rings (SSSR count). The highest BCUT2D eigenvalue weighted by Gasteiger charge is 2.55. The molecule has 8 unspecified atom stereocenters. The van der Waals surface area contributed by atoms with Crippen LogP contribution in [-0.2, 0) is 9.47 Å². The number of aliphatic hydroxyl groups is 2. The second kappa shape index (κ2) is 15.0. The Morgan fingerprint density at radius 2 is 1.90 bits per heavy atom. The summed E-state index contributed by atoms with van der Waals surface area (Å²) < 4.78 is 12.9. The van der Waals surface area contributed by atoms with Gasteiger partial charge in [0.25, 0.3) is 0 Å². The van der Waals surface area contributed by atoms with E-state index in [2.05, 4.69) is 45.6 Å². The van der Waals surface area contributed by atoms with Gasteiger partial charge in [-0.1, -0.05) is 70.8 Å². The van der Waals surface area contributed by atoms with E-state index in [4.69, 9.17) is 14.6 Å². The van der Waals surface area contributed by atoms with Gasteiger partial charge in [-0.2, -0.15) is 0 Å². The highest BCUT2D eigenvalue weighted by atomic mass is 16.5. The summed E-state index contributed by atoms with van der Waals surface area (Å²) >= 11 is 0. The van der Waals surface area contributed by atoms with Crippen LogP contribution >= 0.6 is 0 Å². The minimum absolute atomic E-state index is 0.0470. The second-order valence-electron chi connectivity index (χ2n) is 15.0. The van der Waals surface area contributed by atoms with Crippen LogP contribution < -0.4 is 0 Å². The molecule has 5 heteroatoms. The van der Waals surface area contributed by atoms with E-state index in [0.717, 1.165) is 45.2 Å². The largest absolute Gasteiger partial charge is 0.394 e. The van der Waals surface area contributed by atoms with Crippen LogP contribution in [0.25, 0.3) is 0 Å². The molecule has 3 aliphatic carbocycles. The topological polar surface area (TPSA) is 62.2 Å². The maximum absolute atomic E-state index is 10.4. The van der Waals surface area contributed by atoms with Crippen LogP contribution in [0.4, 0.5) is 0 Å². The van der Waals surface area contributed by atoms with Crippen LogP contribution in [0.3, 0.4) is 0 Å². The van der Waals surface area contributed by atoms with Crippen molar-refractivity contribution in [3.63, 3.8) is 0 Å². The first kappa shape index (κ1) is 34.2. The molecule has 3 fully saturated rings. The molecule has 0 aromatic heterocycles. The molecular weight excluding hydrogens is 522 g/mol. The average molecular weight is 588 g/mol. The van der Waals surface area contributed by atoms with Crippen LogP contribution in [0.15, 0.2) is 22.8 Å². The van der Waals surface area contributed by atoms with Gasteiger partial charge in [0.2, 0.25) is 0 Å². The van der Waals surface area contributed by atoms with E-state index in [1.165, 1.54) is 44.9 Å². The molecule has 2 saturated heterocycles. The Hall–Kier alpha value is -0.720. The molecule has 5 nitrogen and oxygen atoms in total. The number of hydrogen-bond donors (Lipinski definition) is 2. The first-order valence-corrected chi connectivity index (χ1v) is 17.8. The number of aliphatic hydroxyl groups excluding tert-OH is 2. The van der Waals surface area contributed by atoms with E-state index >= 15 is 0 Å². The number of fused-ring (bicyclic) bond motifs is 2. The van der Waals surface area contributed by atoms with Crippen molar-refractivity contribution in [3.05, 3.63) is 22.8 Å². The van der Waals surface area contributed by atoms with Gasteiger partial charge in [0.05, 0.1) is 37.6 Å². The van der Waals surface area contributed by atoms with E-state index in [0.29, 0.717) is 49.0 Å². The lowest BCUT2D eigenvalue weighted by Crippen LogP contribution is -2.52. The average Bonchev–Trinajstić information content (AvgIpc) is 3.16. The molecular formula is C37H65NO4. The minimum Gasteiger partial charge on any atom is -0.394 e. The van der Waals surface area contributed by atoms with Gasteiger partial charge < -0.3 is 19.7 Å². The van der Waals surface area contributed by atoms with Crippen molar-refractivity contribution in [2.75, 3.05) is 32.9 Å². The summed E-state index contributed by atoms with van der Waals surface area (Å²) in [6.07, 6.45) is 16.6. The Kier molecular flexibility index (Phi) is 12.2. The van der Waals surface area contributed by atoms with Crippen molar-refractivity contribution < 1.29 is 19.7 Å². The summed E-state index contributed by atoms with van der Waals surface area (Å²) in [7, 11) is 0. The summed E-state index contributed by atoms with van der Waals surface area (Å²) in [5.41, 5.74) is 5.11. The normalized spacial score (nSPS) is 41.2. The molecule has 42 heavy (non-hydrogen) atoms. The van der Waals surface area contributed by atoms with Crippen molar-refractivity contribution in [1.29, 1.82) is 0 Å². The summed E-state index contributed by atoms with van der Waals surface area (Å²) in [6, 6.07) is 0.470. The maximum atomic E-state index is 10.4. The molecule has 5 aliphatic rings. The Balaban J connectivity index is 0.00000198. The van der Waals surface area contributed by atoms with Gasteiger partial charge in [-0.05, 0) is 101 Å². The predicted molar refractivity (Wildman–Crippen MR) is 174 cm³/mol. The number of nitrogens with zero attached hydrogens (tertiary/aromatic N) is 1. The lowest BCUT2D eigenvalue weighted by Gasteiger charge is -2.42. The monoisotopic (exact) mass is 587 g/mol. The number of allylic oxidation sites excluding steroid dienone is 2. The smallest absolute Gasteiger partial charge is 0.0765 e. The molecule has 1 spiro atoms. The van der Waals surface area contributed by atoms with Crippen molar-refractivity contribution in [2.45, 2.75) is 149 Å². The number of rotatable bonds is 7. The highest BCUT2D eigenvalue weighted by molar-refractivity contribution is 5.23. The molecule has 0 bridgehead atoms. The third-order valence-corrected chi connectivity index (χ3v) is 12.0. The van der Waals surface area contributed by atoms with E-state index in [1.807, 2.05) is 13.8 Å². The molecule has 242 valence electrons. The number of piperidine rings is 1. The molecule has 2 heterocycles. The fourth-order valence-corrected chi connectivity index (χ4v) is 9.54. The summed E-state index contributed by atoms with van der Waals surface area (Å²) in [6.45, 7) is 19.5. The lowest BCUT2D eigenvalue weighted by molar-refractivity contribution is -0.0807. The third-order valence-electron chi connectivity index (χ3n) is 12.0. The Morgan fingerprint density at radius 1 is 1.12 bits per heavy atom. The molecule has 0 amide bonds. The molecule has 1 saturated carbocycles. The summed E-state index contributed by atoms with van der Waals surface area (Å²) in [5.74, 6) is 2.56. The lowest BCUT2D eigenvalue weighted by atomic mass is 9.65. The minimum atomic E-state index is -0.137. The zero-order valence-electron chi connectivity index (χ0n) is 28.3. The predicted octanol–water partition coefficient (Wildman–Crippen LogP) is 7.70. The standard InChI is InChI=1S/C35H59NO4.C2H6/c1-24-18-32-33(36(23-24)14-16-39-17-15-37)27(4)35(40-32)12-7-6-8-28(26(3)21-35)19-29-22-34(5)13-11-31(38)20-30(34)10-9-25(29)2;1-2/h10,24-25,27,29,31-33,37-38H,6-9,11-23H2,1-5H3;1-2H3/t24-,25?,27?,29?,31?,32?,33?,34?,35?;/m0./s1. The molecule has 0 aromatic rings. The van der Waals surface area contributed by atoms with Crippen molar-refractivity contribution in [1.82, 2.24) is 4.90 Å². The molecule has 0 aromatic carbocycles. The third kappa shape index (κ3) is 7.56. The fraction of sp³-hybridized carbons (Fsp3) is 0.892. The van der Waals surface area contributed by atoms with Gasteiger partial charge >= 0.3 is 0 Å². The van der Waals surface area contributed by atoms with Crippen LogP contribution in [0.2, 0.25) is 0 Å². The summed E-state index contributed by atoms with van der Waals surface area (Å²) in [5, 5.41) is 19.5. The zero-order chi connectivity index (χ0) is 30.5. The first-order valence-electron chi connectivity index (χ1n) is 17.8. The van der Waals surface area contributed by atoms with E-state index < -0.39 is 0 Å². The van der Waals surface area contributed by atoms with Crippen molar-refractivity contribution in [3.8, 4) is 0 Å². The van der Waals surface area contributed by atoms with Gasteiger partial charge in [0, 0.05) is 25.0 Å². The van der Waals surface area contributed by atoms with Gasteiger partial charge in [-0.3, -0.25) is 4.90 Å². The Morgan fingerprint density at radius 3 is 2.67 bits per heavy atom. The molecule has 9 atom stereocenters. The van der Waals surface area contributed by atoms with Crippen LogP contribution in [0.1, 0.15) is 126 Å². The van der Waals surface area contributed by atoms with E-state index in [1.54, 1.807) is 16.7 Å². The fourth-order valence-electron chi connectivity index (χ4n) is 9.54. The summed E-state index contributed by atoms with van der Waals surface area (Å²) in [4.78, 5) is 2.66. The van der Waals surface area contributed by atoms with Crippen LogP contribution in [-0.4, -0.2) is 71.9 Å². The van der Waals surface area contributed by atoms with Crippen LogP contribution in [0.5, 0.6) is 0 Å². The van der Waals surface area contributed by atoms with Gasteiger partial charge in [0.1, 0.15) is 0 Å². The quantitative estimate of drug-likeness (QED) is 0.236. The first-order chi connectivity index (χ1) is 20.1. The number of likely N-dealkylation sites (tertiary alicyclic amines) is 1.